The highest BCUT2D eigenvalue weighted by Gasteiger charge is 2.19. The van der Waals surface area contributed by atoms with Crippen LogP contribution < -0.4 is 15.4 Å². The average molecular weight is 465 g/mol. The van der Waals surface area contributed by atoms with Crippen LogP contribution in [-0.4, -0.2) is 38.7 Å². The number of halogens is 2. The molecule has 0 fully saturated rings. The maximum Gasteiger partial charge on any atom is 0.222 e. The number of nitrogens with zero attached hydrogens (tertiary/aromatic N) is 1. The molecule has 31 heavy (non-hydrogen) atoms. The van der Waals surface area contributed by atoms with E-state index in [0.717, 1.165) is 22.8 Å². The summed E-state index contributed by atoms with van der Waals surface area (Å²) in [6.45, 7) is 0.777. The van der Waals surface area contributed by atoms with E-state index < -0.39 is 21.9 Å². The number of aromatic nitrogens is 1. The molecule has 1 aromatic heterocycles. The van der Waals surface area contributed by atoms with Gasteiger partial charge in [-0.2, -0.15) is 0 Å². The van der Waals surface area contributed by atoms with Gasteiger partial charge in [-0.1, -0.05) is 23.7 Å². The van der Waals surface area contributed by atoms with Gasteiger partial charge in [0.25, 0.3) is 0 Å². The van der Waals surface area contributed by atoms with Gasteiger partial charge in [-0.25, -0.2) is 17.5 Å². The van der Waals surface area contributed by atoms with Gasteiger partial charge in [0, 0.05) is 41.8 Å². The van der Waals surface area contributed by atoms with Crippen LogP contribution in [0, 0.1) is 5.82 Å². The van der Waals surface area contributed by atoms with Crippen molar-refractivity contribution in [2.75, 3.05) is 24.7 Å². The number of amides is 1. The minimum absolute atomic E-state index is 0.116. The highest BCUT2D eigenvalue weighted by Crippen LogP contribution is 2.24. The van der Waals surface area contributed by atoms with E-state index in [1.807, 2.05) is 12.1 Å². The molecule has 0 bridgehead atoms. The lowest BCUT2D eigenvalue weighted by atomic mass is 10.0. The van der Waals surface area contributed by atoms with E-state index >= 15 is 0 Å². The average Bonchev–Trinajstić information content (AvgIpc) is 2.70. The molecule has 0 saturated carbocycles. The van der Waals surface area contributed by atoms with Gasteiger partial charge in [-0.3, -0.25) is 9.78 Å². The number of sulfonamides is 1. The summed E-state index contributed by atoms with van der Waals surface area (Å²) in [6, 6.07) is 11.8. The van der Waals surface area contributed by atoms with Gasteiger partial charge in [0.15, 0.2) is 0 Å². The molecule has 0 radical (unpaired) electrons. The van der Waals surface area contributed by atoms with Crippen LogP contribution in [0.1, 0.15) is 18.0 Å². The van der Waals surface area contributed by atoms with Crippen molar-refractivity contribution in [1.29, 1.82) is 0 Å². The maximum atomic E-state index is 13.2. The van der Waals surface area contributed by atoms with Crippen LogP contribution >= 0.6 is 11.6 Å². The normalized spacial score (nSPS) is 12.5. The lowest BCUT2D eigenvalue weighted by molar-refractivity contribution is -0.121. The van der Waals surface area contributed by atoms with Crippen molar-refractivity contribution in [3.05, 3.63) is 71.1 Å². The van der Waals surface area contributed by atoms with Gasteiger partial charge in [0.1, 0.15) is 5.82 Å². The van der Waals surface area contributed by atoms with E-state index in [1.54, 1.807) is 18.3 Å². The number of hydrogen-bond donors (Lipinski definition) is 3. The predicted molar refractivity (Wildman–Crippen MR) is 120 cm³/mol. The summed E-state index contributed by atoms with van der Waals surface area (Å²) < 4.78 is 38.9. The molecule has 3 aromatic rings. The zero-order chi connectivity index (χ0) is 22.4. The first-order valence-electron chi connectivity index (χ1n) is 9.49. The van der Waals surface area contributed by atoms with Gasteiger partial charge in [0.2, 0.25) is 15.9 Å². The minimum Gasteiger partial charge on any atom is -0.383 e. The van der Waals surface area contributed by atoms with E-state index in [0.29, 0.717) is 23.7 Å². The van der Waals surface area contributed by atoms with Crippen LogP contribution in [0.25, 0.3) is 10.9 Å². The number of carbonyl (C=O) groups excluding carboxylic acids is 1. The zero-order valence-corrected chi connectivity index (χ0v) is 18.3. The Morgan fingerprint density at radius 3 is 2.58 bits per heavy atom. The number of hydrogen-bond acceptors (Lipinski definition) is 5. The Morgan fingerprint density at radius 1 is 1.13 bits per heavy atom. The fourth-order valence-corrected chi connectivity index (χ4v) is 4.02. The van der Waals surface area contributed by atoms with Crippen molar-refractivity contribution >= 4 is 44.1 Å². The first-order chi connectivity index (χ1) is 14.7. The van der Waals surface area contributed by atoms with E-state index in [4.69, 9.17) is 11.6 Å². The molecule has 1 amide bonds. The van der Waals surface area contributed by atoms with E-state index in [-0.39, 0.29) is 12.3 Å². The fraction of sp³-hybridized carbons (Fsp3) is 0.238. The first kappa shape index (κ1) is 22.9. The van der Waals surface area contributed by atoms with Crippen LogP contribution in [-0.2, 0) is 14.8 Å². The predicted octanol–water partition coefficient (Wildman–Crippen LogP) is 3.24. The molecule has 7 nitrogen and oxygen atoms in total. The van der Waals surface area contributed by atoms with Gasteiger partial charge in [0.05, 0.1) is 17.8 Å². The molecule has 0 spiro atoms. The van der Waals surface area contributed by atoms with Gasteiger partial charge >= 0.3 is 0 Å². The lowest BCUT2D eigenvalue weighted by Gasteiger charge is -2.18. The molecular formula is C21H22ClFN4O3S. The third-order valence-corrected chi connectivity index (χ3v) is 5.43. The highest BCUT2D eigenvalue weighted by molar-refractivity contribution is 7.88. The molecule has 10 heteroatoms. The van der Waals surface area contributed by atoms with Gasteiger partial charge in [-0.15, -0.1) is 0 Å². The molecule has 0 aliphatic carbocycles. The molecule has 2 aromatic carbocycles. The lowest BCUT2D eigenvalue weighted by Crippen LogP contribution is -2.35. The third-order valence-electron chi connectivity index (χ3n) is 4.49. The zero-order valence-electron chi connectivity index (χ0n) is 16.7. The monoisotopic (exact) mass is 464 g/mol. The number of nitrogens with one attached hydrogen (secondary N) is 3. The molecule has 164 valence electrons. The molecule has 0 aliphatic heterocycles. The summed E-state index contributed by atoms with van der Waals surface area (Å²) in [4.78, 5) is 16.6. The second-order valence-corrected chi connectivity index (χ2v) is 9.21. The first-order valence-corrected chi connectivity index (χ1v) is 11.8. The highest BCUT2D eigenvalue weighted by atomic mass is 35.5. The summed E-state index contributed by atoms with van der Waals surface area (Å²) in [5, 5.41) is 7.51. The number of anilines is 1. The minimum atomic E-state index is -3.56. The molecule has 0 saturated heterocycles. The van der Waals surface area contributed by atoms with Crippen LogP contribution in [0.3, 0.4) is 0 Å². The van der Waals surface area contributed by atoms with Crippen molar-refractivity contribution in [3.63, 3.8) is 0 Å². The molecule has 1 unspecified atom stereocenters. The number of rotatable bonds is 9. The molecule has 3 rings (SSSR count). The number of benzene rings is 2. The SMILES string of the molecule is CS(=O)(=O)NC(CC(=O)NCCNc1ccnc2cc(Cl)ccc12)c1ccc(F)cc1. The molecule has 3 N–H and O–H groups in total. The summed E-state index contributed by atoms with van der Waals surface area (Å²) >= 11 is 6.00. The summed E-state index contributed by atoms with van der Waals surface area (Å²) in [7, 11) is -3.56. The molecular weight excluding hydrogens is 443 g/mol. The molecule has 0 aliphatic rings. The maximum absolute atomic E-state index is 13.2. The van der Waals surface area contributed by atoms with Crippen LogP contribution in [0.15, 0.2) is 54.7 Å². The Kier molecular flexibility index (Phi) is 7.42. The smallest absolute Gasteiger partial charge is 0.222 e. The summed E-state index contributed by atoms with van der Waals surface area (Å²) in [5.74, 6) is -0.776. The number of carbonyl (C=O) groups is 1. The largest absolute Gasteiger partial charge is 0.383 e. The molecule has 1 atom stereocenters. The van der Waals surface area contributed by atoms with Crippen molar-refractivity contribution in [2.45, 2.75) is 12.5 Å². The Balaban J connectivity index is 1.56. The Labute approximate surface area is 185 Å². The fourth-order valence-electron chi connectivity index (χ4n) is 3.11. The van der Waals surface area contributed by atoms with E-state index in [1.165, 1.54) is 24.3 Å². The number of pyridine rings is 1. The van der Waals surface area contributed by atoms with Gasteiger partial charge < -0.3 is 10.6 Å². The second kappa shape index (κ2) is 10.0. The van der Waals surface area contributed by atoms with E-state index in [9.17, 15) is 17.6 Å². The quantitative estimate of drug-likeness (QED) is 0.422. The van der Waals surface area contributed by atoms with Crippen LogP contribution in [0.4, 0.5) is 10.1 Å². The third kappa shape index (κ3) is 6.88. The van der Waals surface area contributed by atoms with Crippen LogP contribution in [0.5, 0.6) is 0 Å². The Morgan fingerprint density at radius 2 is 1.87 bits per heavy atom. The van der Waals surface area contributed by atoms with Crippen molar-refractivity contribution in [2.24, 2.45) is 0 Å². The summed E-state index contributed by atoms with van der Waals surface area (Å²) in [6.07, 6.45) is 2.57. The van der Waals surface area contributed by atoms with Crippen molar-refractivity contribution < 1.29 is 17.6 Å². The Hall–Kier alpha value is -2.75. The standard InChI is InChI=1S/C21H22ClFN4O3S/c1-31(29,30)27-19(14-2-5-16(23)6-3-14)13-21(28)26-11-10-25-18-8-9-24-20-12-15(22)4-7-17(18)20/h2-9,12,19,27H,10-11,13H2,1H3,(H,24,25)(H,26,28). The van der Waals surface area contributed by atoms with Crippen molar-refractivity contribution in [1.82, 2.24) is 15.0 Å². The van der Waals surface area contributed by atoms with Gasteiger partial charge in [-0.05, 0) is 42.0 Å². The molecule has 1 heterocycles. The topological polar surface area (TPSA) is 100 Å². The van der Waals surface area contributed by atoms with Crippen molar-refractivity contribution in [3.8, 4) is 0 Å². The van der Waals surface area contributed by atoms with Crippen LogP contribution in [0.2, 0.25) is 5.02 Å². The Bertz CT molecular complexity index is 1170. The van der Waals surface area contributed by atoms with E-state index in [2.05, 4.69) is 20.3 Å². The summed E-state index contributed by atoms with van der Waals surface area (Å²) in [5.41, 5.74) is 2.12. The number of fused-ring (bicyclic) bond motifs is 1. The second-order valence-electron chi connectivity index (χ2n) is 6.99.